The van der Waals surface area contributed by atoms with Crippen LogP contribution in [0.4, 0.5) is 5.82 Å². The second-order valence-electron chi connectivity index (χ2n) is 6.89. The highest BCUT2D eigenvalue weighted by Gasteiger charge is 2.40. The van der Waals surface area contributed by atoms with E-state index in [1.165, 1.54) is 31.7 Å². The molecule has 6 heteroatoms. The third-order valence-electron chi connectivity index (χ3n) is 5.39. The van der Waals surface area contributed by atoms with Crippen LogP contribution in [0.1, 0.15) is 58.0 Å². The molecule has 6 nitrogen and oxygen atoms in total. The molecule has 0 saturated heterocycles. The molecule has 2 fully saturated rings. The maximum absolute atomic E-state index is 12.3. The Kier molecular flexibility index (Phi) is 3.59. The number of rotatable bonds is 4. The minimum atomic E-state index is -0.553. The van der Waals surface area contributed by atoms with E-state index in [9.17, 15) is 9.59 Å². The van der Waals surface area contributed by atoms with Crippen LogP contribution < -0.4 is 11.1 Å². The van der Waals surface area contributed by atoms with Gasteiger partial charge in [-0.15, -0.1) is 0 Å². The first-order chi connectivity index (χ1) is 11.6. The highest BCUT2D eigenvalue weighted by atomic mass is 16.2. The number of nitrogens with zero attached hydrogens (tertiary/aromatic N) is 1. The normalized spacial score (nSPS) is 24.9. The summed E-state index contributed by atoms with van der Waals surface area (Å²) in [6, 6.07) is 8.29. The number of aromatic nitrogens is 2. The van der Waals surface area contributed by atoms with Gasteiger partial charge in [0, 0.05) is 28.8 Å². The summed E-state index contributed by atoms with van der Waals surface area (Å²) in [5, 5.41) is 10.1. The van der Waals surface area contributed by atoms with Gasteiger partial charge >= 0.3 is 0 Å². The van der Waals surface area contributed by atoms with Crippen molar-refractivity contribution in [2.75, 3.05) is 5.32 Å². The first kappa shape index (κ1) is 14.9. The van der Waals surface area contributed by atoms with Gasteiger partial charge in [0.1, 0.15) is 0 Å². The molecule has 1 aromatic heterocycles. The summed E-state index contributed by atoms with van der Waals surface area (Å²) in [6.45, 7) is 0. The second kappa shape index (κ2) is 5.78. The van der Waals surface area contributed by atoms with Crippen LogP contribution in [-0.2, 0) is 0 Å². The van der Waals surface area contributed by atoms with E-state index in [-0.39, 0.29) is 5.91 Å². The van der Waals surface area contributed by atoms with Crippen LogP contribution in [0, 0.1) is 11.8 Å². The van der Waals surface area contributed by atoms with Crippen LogP contribution in [0.15, 0.2) is 30.3 Å². The van der Waals surface area contributed by atoms with E-state index in [0.717, 1.165) is 17.5 Å². The number of benzene rings is 1. The van der Waals surface area contributed by atoms with Crippen molar-refractivity contribution in [1.29, 1.82) is 0 Å². The van der Waals surface area contributed by atoms with Gasteiger partial charge in [-0.05, 0) is 49.3 Å². The number of nitrogens with two attached hydrogens (primary N) is 1. The van der Waals surface area contributed by atoms with Crippen molar-refractivity contribution in [3.63, 3.8) is 0 Å². The van der Waals surface area contributed by atoms with Gasteiger partial charge in [0.25, 0.3) is 5.91 Å². The summed E-state index contributed by atoms with van der Waals surface area (Å²) in [6.07, 6.45) is 5.21. The first-order valence-electron chi connectivity index (χ1n) is 8.36. The molecule has 0 radical (unpaired) electrons. The maximum Gasteiger partial charge on any atom is 0.256 e. The number of amides is 2. The van der Waals surface area contributed by atoms with Crippen LogP contribution in [0.3, 0.4) is 0 Å². The van der Waals surface area contributed by atoms with Crippen molar-refractivity contribution in [2.24, 2.45) is 17.6 Å². The number of hydrogen-bond acceptors (Lipinski definition) is 3. The standard InChI is InChI=1S/C18H20N4O2/c19-17(23)12-2-1-3-13(8-12)18(24)20-16-9-15(21-22-16)14-7-10-4-5-11(14)6-10/h1-3,8-11,14H,4-7H2,(H2,19,23)(H2,20,21,22,24)/t10-,11-,14+/m0/s1. The quantitative estimate of drug-likeness (QED) is 0.806. The summed E-state index contributed by atoms with van der Waals surface area (Å²) in [7, 11) is 0. The topological polar surface area (TPSA) is 101 Å². The Morgan fingerprint density at radius 1 is 1.17 bits per heavy atom. The molecule has 2 bridgehead atoms. The highest BCUT2D eigenvalue weighted by Crippen LogP contribution is 2.52. The minimum Gasteiger partial charge on any atom is -0.366 e. The van der Waals surface area contributed by atoms with Crippen molar-refractivity contribution in [3.8, 4) is 0 Å². The van der Waals surface area contributed by atoms with Crippen molar-refractivity contribution in [1.82, 2.24) is 10.2 Å². The van der Waals surface area contributed by atoms with Crippen LogP contribution in [0.2, 0.25) is 0 Å². The number of nitrogens with one attached hydrogen (secondary N) is 2. The molecule has 2 aromatic rings. The van der Waals surface area contributed by atoms with E-state index in [1.54, 1.807) is 18.2 Å². The lowest BCUT2D eigenvalue weighted by Crippen LogP contribution is -2.15. The number of carbonyl (C=O) groups excluding carboxylic acids is 2. The zero-order chi connectivity index (χ0) is 16.7. The Morgan fingerprint density at radius 3 is 2.71 bits per heavy atom. The lowest BCUT2D eigenvalue weighted by Gasteiger charge is -2.19. The molecule has 2 aliphatic carbocycles. The number of carbonyl (C=O) groups is 2. The second-order valence-corrected chi connectivity index (χ2v) is 6.89. The van der Waals surface area contributed by atoms with Gasteiger partial charge < -0.3 is 11.1 Å². The van der Waals surface area contributed by atoms with Gasteiger partial charge in [0.15, 0.2) is 5.82 Å². The molecule has 4 N–H and O–H groups in total. The fourth-order valence-electron chi connectivity index (χ4n) is 4.22. The predicted molar refractivity (Wildman–Crippen MR) is 89.7 cm³/mol. The third-order valence-corrected chi connectivity index (χ3v) is 5.39. The van der Waals surface area contributed by atoms with Crippen molar-refractivity contribution in [2.45, 2.75) is 31.6 Å². The summed E-state index contributed by atoms with van der Waals surface area (Å²) in [5.74, 6) is 1.82. The average Bonchev–Trinajstić information content (AvgIpc) is 3.31. The monoisotopic (exact) mass is 324 g/mol. The van der Waals surface area contributed by atoms with Crippen molar-refractivity contribution in [3.05, 3.63) is 47.2 Å². The van der Waals surface area contributed by atoms with Crippen LogP contribution in [-0.4, -0.2) is 22.0 Å². The summed E-state index contributed by atoms with van der Waals surface area (Å²) >= 11 is 0. The van der Waals surface area contributed by atoms with Gasteiger partial charge in [-0.1, -0.05) is 12.5 Å². The fourth-order valence-corrected chi connectivity index (χ4v) is 4.22. The number of anilines is 1. The maximum atomic E-state index is 12.3. The number of aromatic amines is 1. The molecule has 4 rings (SSSR count). The summed E-state index contributed by atoms with van der Waals surface area (Å²) in [4.78, 5) is 23.6. The number of primary amides is 1. The minimum absolute atomic E-state index is 0.302. The molecule has 0 unspecified atom stereocenters. The number of fused-ring (bicyclic) bond motifs is 2. The molecule has 0 aliphatic heterocycles. The smallest absolute Gasteiger partial charge is 0.256 e. The van der Waals surface area contributed by atoms with E-state index < -0.39 is 5.91 Å². The lowest BCUT2D eigenvalue weighted by atomic mass is 9.86. The Labute approximate surface area is 139 Å². The SMILES string of the molecule is NC(=O)c1cccc(C(=O)Nc2cc([C@@H]3C[C@H]4CC[C@H]3C4)[nH]n2)c1. The Bertz CT molecular complexity index is 798. The number of H-pyrrole nitrogens is 1. The molecule has 1 aromatic carbocycles. The van der Waals surface area contributed by atoms with Gasteiger partial charge in [0.05, 0.1) is 0 Å². The molecular formula is C18H20N4O2. The molecule has 0 spiro atoms. The van der Waals surface area contributed by atoms with E-state index in [4.69, 9.17) is 5.73 Å². The zero-order valence-corrected chi connectivity index (χ0v) is 13.3. The Balaban J connectivity index is 1.47. The predicted octanol–water partition coefficient (Wildman–Crippen LogP) is 2.66. The Morgan fingerprint density at radius 2 is 2.00 bits per heavy atom. The van der Waals surface area contributed by atoms with E-state index >= 15 is 0 Å². The molecule has 3 atom stereocenters. The van der Waals surface area contributed by atoms with E-state index in [2.05, 4.69) is 15.5 Å². The van der Waals surface area contributed by atoms with Crippen LogP contribution in [0.25, 0.3) is 0 Å². The van der Waals surface area contributed by atoms with Gasteiger partial charge in [0.2, 0.25) is 5.91 Å². The van der Waals surface area contributed by atoms with E-state index in [0.29, 0.717) is 22.9 Å². The molecule has 2 aliphatic rings. The lowest BCUT2D eigenvalue weighted by molar-refractivity contribution is 0.1000. The third kappa shape index (κ3) is 2.68. The van der Waals surface area contributed by atoms with Crippen molar-refractivity contribution < 1.29 is 9.59 Å². The molecular weight excluding hydrogens is 304 g/mol. The largest absolute Gasteiger partial charge is 0.366 e. The molecule has 1 heterocycles. The summed E-state index contributed by atoms with van der Waals surface area (Å²) < 4.78 is 0. The van der Waals surface area contributed by atoms with Crippen LogP contribution >= 0.6 is 0 Å². The molecule has 124 valence electrons. The van der Waals surface area contributed by atoms with Gasteiger partial charge in [-0.25, -0.2) is 0 Å². The summed E-state index contributed by atoms with van der Waals surface area (Å²) in [5.41, 5.74) is 7.06. The average molecular weight is 324 g/mol. The Hall–Kier alpha value is -2.63. The first-order valence-corrected chi connectivity index (χ1v) is 8.36. The van der Waals surface area contributed by atoms with Gasteiger partial charge in [-0.2, -0.15) is 5.10 Å². The zero-order valence-electron chi connectivity index (χ0n) is 13.3. The molecule has 2 amide bonds. The molecule has 2 saturated carbocycles. The fraction of sp³-hybridized carbons (Fsp3) is 0.389. The van der Waals surface area contributed by atoms with E-state index in [1.807, 2.05) is 6.07 Å². The molecule has 24 heavy (non-hydrogen) atoms. The van der Waals surface area contributed by atoms with Crippen LogP contribution in [0.5, 0.6) is 0 Å². The van der Waals surface area contributed by atoms with Crippen molar-refractivity contribution >= 4 is 17.6 Å². The highest BCUT2D eigenvalue weighted by molar-refractivity contribution is 6.05. The number of hydrogen-bond donors (Lipinski definition) is 3. The van der Waals surface area contributed by atoms with Gasteiger partial charge in [-0.3, -0.25) is 14.7 Å².